The molecule has 0 aromatic heterocycles. The number of carbonyl (C=O) groups is 3. The number of carbonyl (C=O) groups excluding carboxylic acids is 3. The molecule has 1 aliphatic heterocycles. The van der Waals surface area contributed by atoms with Crippen LogP contribution in [0.2, 0.25) is 0 Å². The van der Waals surface area contributed by atoms with Crippen LogP contribution in [0.3, 0.4) is 0 Å². The highest BCUT2D eigenvalue weighted by molar-refractivity contribution is 5.82. The average Bonchev–Trinajstić information content (AvgIpc) is 2.59. The first-order valence-corrected chi connectivity index (χ1v) is 7.57. The quantitative estimate of drug-likeness (QED) is 0.760. The number of amides is 2. The van der Waals surface area contributed by atoms with Gasteiger partial charge in [-0.3, -0.25) is 9.59 Å². The summed E-state index contributed by atoms with van der Waals surface area (Å²) in [4.78, 5) is 36.2. The second-order valence-electron chi connectivity index (χ2n) is 5.46. The lowest BCUT2D eigenvalue weighted by Gasteiger charge is -2.31. The van der Waals surface area contributed by atoms with Crippen LogP contribution in [0.25, 0.3) is 0 Å². The Balaban J connectivity index is 1.74. The number of benzene rings is 1. The lowest BCUT2D eigenvalue weighted by molar-refractivity contribution is -0.154. The van der Waals surface area contributed by atoms with Crippen LogP contribution in [0.15, 0.2) is 24.3 Å². The fourth-order valence-corrected chi connectivity index (χ4v) is 2.41. The molecule has 2 rings (SSSR count). The van der Waals surface area contributed by atoms with Crippen molar-refractivity contribution >= 4 is 17.8 Å². The number of nitrogens with two attached hydrogens (primary N) is 1. The number of piperidine rings is 1. The molecule has 0 radical (unpaired) electrons. The fraction of sp³-hybridized carbons (Fsp3) is 0.438. The second kappa shape index (κ2) is 8.28. The van der Waals surface area contributed by atoms with Crippen molar-refractivity contribution in [2.24, 2.45) is 11.7 Å². The average molecular weight is 338 g/mol. The Bertz CT molecular complexity index is 622. The number of halogens is 1. The molecule has 0 bridgehead atoms. The zero-order chi connectivity index (χ0) is 17.5. The van der Waals surface area contributed by atoms with Crippen LogP contribution in [-0.2, 0) is 19.1 Å². The number of esters is 1. The van der Waals surface area contributed by atoms with Crippen molar-refractivity contribution in [1.29, 1.82) is 0 Å². The number of rotatable bonds is 6. The molecule has 0 aliphatic carbocycles. The summed E-state index contributed by atoms with van der Waals surface area (Å²) in [5, 5.41) is 0. The standard InChI is InChI=1S/C16H19FN2O5/c17-12-5-1-2-6-13(12)23-10-15(21)24-9-14(20)19-7-3-4-11(8-19)16(18)22/h1-2,5-6,11H,3-4,7-10H2,(H2,18,22)/t11-/m1/s1. The zero-order valence-electron chi connectivity index (χ0n) is 13.1. The molecule has 1 aromatic rings. The zero-order valence-corrected chi connectivity index (χ0v) is 13.1. The van der Waals surface area contributed by atoms with E-state index < -0.39 is 36.8 Å². The number of primary amides is 1. The van der Waals surface area contributed by atoms with E-state index in [1.807, 2.05) is 0 Å². The van der Waals surface area contributed by atoms with Gasteiger partial charge in [-0.15, -0.1) is 0 Å². The molecule has 8 heteroatoms. The van der Waals surface area contributed by atoms with E-state index in [9.17, 15) is 18.8 Å². The first-order valence-electron chi connectivity index (χ1n) is 7.57. The highest BCUT2D eigenvalue weighted by atomic mass is 19.1. The smallest absolute Gasteiger partial charge is 0.344 e. The van der Waals surface area contributed by atoms with Gasteiger partial charge in [-0.1, -0.05) is 12.1 Å². The third-order valence-corrected chi connectivity index (χ3v) is 3.72. The molecule has 24 heavy (non-hydrogen) atoms. The van der Waals surface area contributed by atoms with Gasteiger partial charge in [0, 0.05) is 13.1 Å². The summed E-state index contributed by atoms with van der Waals surface area (Å²) in [7, 11) is 0. The summed E-state index contributed by atoms with van der Waals surface area (Å²) in [6, 6.07) is 5.65. The Morgan fingerprint density at radius 1 is 1.25 bits per heavy atom. The van der Waals surface area contributed by atoms with Gasteiger partial charge in [-0.2, -0.15) is 0 Å². The fourth-order valence-electron chi connectivity index (χ4n) is 2.41. The van der Waals surface area contributed by atoms with Gasteiger partial charge in [0.15, 0.2) is 24.8 Å². The molecular formula is C16H19FN2O5. The van der Waals surface area contributed by atoms with Gasteiger partial charge < -0.3 is 20.1 Å². The van der Waals surface area contributed by atoms with Crippen LogP contribution in [0.5, 0.6) is 5.75 Å². The first-order chi connectivity index (χ1) is 11.5. The minimum atomic E-state index is -0.782. The highest BCUT2D eigenvalue weighted by Gasteiger charge is 2.27. The van der Waals surface area contributed by atoms with Crippen molar-refractivity contribution in [2.75, 3.05) is 26.3 Å². The summed E-state index contributed by atoms with van der Waals surface area (Å²) in [6.07, 6.45) is 1.32. The molecule has 7 nitrogen and oxygen atoms in total. The van der Waals surface area contributed by atoms with Crippen LogP contribution in [-0.4, -0.2) is 49.0 Å². The lowest BCUT2D eigenvalue weighted by atomic mass is 9.97. The maximum atomic E-state index is 13.3. The maximum Gasteiger partial charge on any atom is 0.344 e. The van der Waals surface area contributed by atoms with Gasteiger partial charge in [0.25, 0.3) is 5.91 Å². The molecule has 1 fully saturated rings. The Hall–Kier alpha value is -2.64. The Morgan fingerprint density at radius 3 is 2.71 bits per heavy atom. The van der Waals surface area contributed by atoms with Crippen molar-refractivity contribution in [2.45, 2.75) is 12.8 Å². The van der Waals surface area contributed by atoms with Crippen LogP contribution in [0.1, 0.15) is 12.8 Å². The Labute approximate surface area is 138 Å². The van der Waals surface area contributed by atoms with Crippen LogP contribution >= 0.6 is 0 Å². The molecule has 1 aliphatic rings. The molecule has 0 saturated carbocycles. The maximum absolute atomic E-state index is 13.3. The summed E-state index contributed by atoms with van der Waals surface area (Å²) in [5.41, 5.74) is 5.25. The number of likely N-dealkylation sites (tertiary alicyclic amines) is 1. The van der Waals surface area contributed by atoms with E-state index in [-0.39, 0.29) is 18.2 Å². The van der Waals surface area contributed by atoms with E-state index in [1.165, 1.54) is 23.1 Å². The SMILES string of the molecule is NC(=O)[C@@H]1CCCN(C(=O)COC(=O)COc2ccccc2F)C1. The van der Waals surface area contributed by atoms with Gasteiger partial charge in [0.1, 0.15) is 0 Å². The summed E-state index contributed by atoms with van der Waals surface area (Å²) in [5.74, 6) is -2.66. The Morgan fingerprint density at radius 2 is 2.00 bits per heavy atom. The van der Waals surface area contributed by atoms with Gasteiger partial charge >= 0.3 is 5.97 Å². The normalized spacial score (nSPS) is 17.2. The topological polar surface area (TPSA) is 98.9 Å². The minimum absolute atomic E-state index is 0.0684. The predicted octanol–water partition coefficient (Wildman–Crippen LogP) is 0.472. The third kappa shape index (κ3) is 4.94. The molecule has 0 spiro atoms. The van der Waals surface area contributed by atoms with E-state index in [1.54, 1.807) is 6.07 Å². The van der Waals surface area contributed by atoms with Gasteiger partial charge in [0.05, 0.1) is 5.92 Å². The van der Waals surface area contributed by atoms with Crippen LogP contribution in [0.4, 0.5) is 4.39 Å². The molecule has 1 atom stereocenters. The van der Waals surface area contributed by atoms with E-state index in [0.29, 0.717) is 19.4 Å². The number of hydrogen-bond donors (Lipinski definition) is 1. The molecule has 2 amide bonds. The summed E-state index contributed by atoms with van der Waals surface area (Å²) < 4.78 is 23.1. The molecular weight excluding hydrogens is 319 g/mol. The van der Waals surface area contributed by atoms with Crippen molar-refractivity contribution in [3.8, 4) is 5.75 Å². The predicted molar refractivity (Wildman–Crippen MR) is 81.4 cm³/mol. The van der Waals surface area contributed by atoms with E-state index in [0.717, 1.165) is 0 Å². The monoisotopic (exact) mass is 338 g/mol. The highest BCUT2D eigenvalue weighted by Crippen LogP contribution is 2.16. The molecule has 1 aromatic carbocycles. The molecule has 0 unspecified atom stereocenters. The second-order valence-corrected chi connectivity index (χ2v) is 5.46. The number of ether oxygens (including phenoxy) is 2. The third-order valence-electron chi connectivity index (χ3n) is 3.72. The van der Waals surface area contributed by atoms with Gasteiger partial charge in [-0.25, -0.2) is 9.18 Å². The number of hydrogen-bond acceptors (Lipinski definition) is 5. The van der Waals surface area contributed by atoms with Crippen LogP contribution < -0.4 is 10.5 Å². The van der Waals surface area contributed by atoms with Gasteiger partial charge in [-0.05, 0) is 25.0 Å². The van der Waals surface area contributed by atoms with Gasteiger partial charge in [0.2, 0.25) is 5.91 Å². The van der Waals surface area contributed by atoms with Crippen LogP contribution in [0, 0.1) is 11.7 Å². The summed E-state index contributed by atoms with van der Waals surface area (Å²) >= 11 is 0. The Kier molecular flexibility index (Phi) is 6.11. The minimum Gasteiger partial charge on any atom is -0.479 e. The lowest BCUT2D eigenvalue weighted by Crippen LogP contribution is -2.45. The molecule has 130 valence electrons. The number of para-hydroxylation sites is 1. The largest absolute Gasteiger partial charge is 0.479 e. The van der Waals surface area contributed by atoms with Crippen molar-refractivity contribution in [3.05, 3.63) is 30.1 Å². The van der Waals surface area contributed by atoms with E-state index >= 15 is 0 Å². The van der Waals surface area contributed by atoms with Crippen molar-refractivity contribution in [3.63, 3.8) is 0 Å². The molecule has 1 saturated heterocycles. The first kappa shape index (κ1) is 17.7. The molecule has 2 N–H and O–H groups in total. The van der Waals surface area contributed by atoms with E-state index in [4.69, 9.17) is 15.2 Å². The van der Waals surface area contributed by atoms with Crippen molar-refractivity contribution in [1.82, 2.24) is 4.90 Å². The molecule has 1 heterocycles. The van der Waals surface area contributed by atoms with E-state index in [2.05, 4.69) is 0 Å². The summed E-state index contributed by atoms with van der Waals surface area (Å²) in [6.45, 7) is -0.230. The number of nitrogens with zero attached hydrogens (tertiary/aromatic N) is 1. The van der Waals surface area contributed by atoms with Crippen molar-refractivity contribution < 1.29 is 28.2 Å².